The van der Waals surface area contributed by atoms with Crippen LogP contribution in [0.5, 0.6) is 0 Å². The Hall–Kier alpha value is -3.63. The molecule has 2 aromatic carbocycles. The molecule has 1 N–H and O–H groups in total. The van der Waals surface area contributed by atoms with E-state index in [4.69, 9.17) is 4.74 Å². The lowest BCUT2D eigenvalue weighted by Crippen LogP contribution is -2.49. The minimum atomic E-state index is -0.451. The van der Waals surface area contributed by atoms with E-state index in [-0.39, 0.29) is 17.5 Å². The van der Waals surface area contributed by atoms with Gasteiger partial charge in [0.25, 0.3) is 5.56 Å². The number of pyridine rings is 1. The second-order valence-corrected chi connectivity index (χ2v) is 10.1. The summed E-state index contributed by atoms with van der Waals surface area (Å²) in [6.45, 7) is 5.89. The minimum Gasteiger partial charge on any atom is -0.376 e. The van der Waals surface area contributed by atoms with Crippen LogP contribution in [0.15, 0.2) is 53.3 Å². The largest absolute Gasteiger partial charge is 0.376 e. The highest BCUT2D eigenvalue weighted by Gasteiger charge is 2.34. The van der Waals surface area contributed by atoms with Crippen LogP contribution in [0.4, 0.5) is 10.1 Å². The number of benzene rings is 2. The van der Waals surface area contributed by atoms with Crippen LogP contribution < -0.4 is 10.5 Å². The smallest absolute Gasteiger partial charge is 0.253 e. The van der Waals surface area contributed by atoms with Crippen molar-refractivity contribution in [3.05, 3.63) is 81.7 Å². The Morgan fingerprint density at radius 2 is 1.97 bits per heavy atom. The third-order valence-corrected chi connectivity index (χ3v) is 7.72. The van der Waals surface area contributed by atoms with Gasteiger partial charge < -0.3 is 14.6 Å². The van der Waals surface area contributed by atoms with Gasteiger partial charge in [-0.25, -0.2) is 9.07 Å². The van der Waals surface area contributed by atoms with Gasteiger partial charge in [-0.2, -0.15) is 0 Å². The second-order valence-electron chi connectivity index (χ2n) is 10.1. The van der Waals surface area contributed by atoms with Gasteiger partial charge in [-0.15, -0.1) is 5.10 Å². The lowest BCUT2D eigenvalue weighted by molar-refractivity contribution is 0.0906. The molecule has 2 saturated heterocycles. The highest BCUT2D eigenvalue weighted by atomic mass is 19.1. The molecule has 0 radical (unpaired) electrons. The molecule has 10 heteroatoms. The summed E-state index contributed by atoms with van der Waals surface area (Å²) in [6.07, 6.45) is 2.94. The average molecular weight is 518 g/mol. The van der Waals surface area contributed by atoms with Gasteiger partial charge in [-0.1, -0.05) is 25.1 Å². The number of piperazine rings is 1. The molecule has 38 heavy (non-hydrogen) atoms. The molecule has 2 atom stereocenters. The maximum absolute atomic E-state index is 14.5. The van der Waals surface area contributed by atoms with Crippen molar-refractivity contribution in [1.82, 2.24) is 30.1 Å². The Bertz CT molecular complexity index is 1470. The van der Waals surface area contributed by atoms with Gasteiger partial charge in [-0.3, -0.25) is 9.69 Å². The molecule has 2 fully saturated rings. The van der Waals surface area contributed by atoms with Gasteiger partial charge >= 0.3 is 0 Å². The summed E-state index contributed by atoms with van der Waals surface area (Å²) in [5.41, 5.74) is 3.05. The number of hydrogen-bond donors (Lipinski definition) is 1. The molecule has 4 heterocycles. The van der Waals surface area contributed by atoms with Gasteiger partial charge in [0.05, 0.1) is 18.3 Å². The Morgan fingerprint density at radius 1 is 1.13 bits per heavy atom. The first kappa shape index (κ1) is 24.7. The number of ether oxygens (including phenoxy) is 1. The number of aromatic nitrogens is 5. The number of anilines is 1. The van der Waals surface area contributed by atoms with E-state index in [0.717, 1.165) is 36.8 Å². The van der Waals surface area contributed by atoms with E-state index < -0.39 is 6.04 Å². The molecule has 0 saturated carbocycles. The van der Waals surface area contributed by atoms with Crippen LogP contribution in [0, 0.1) is 5.82 Å². The number of para-hydroxylation sites is 1. The van der Waals surface area contributed by atoms with E-state index in [9.17, 15) is 9.18 Å². The third kappa shape index (κ3) is 4.81. The van der Waals surface area contributed by atoms with Crippen molar-refractivity contribution < 1.29 is 9.13 Å². The first-order chi connectivity index (χ1) is 18.6. The number of nitrogens with one attached hydrogen (secondary N) is 1. The van der Waals surface area contributed by atoms with Crippen molar-refractivity contribution >= 4 is 16.6 Å². The summed E-state index contributed by atoms with van der Waals surface area (Å²) >= 11 is 0. The van der Waals surface area contributed by atoms with Crippen LogP contribution in [0.1, 0.15) is 42.8 Å². The van der Waals surface area contributed by atoms with Crippen LogP contribution >= 0.6 is 0 Å². The first-order valence-electron chi connectivity index (χ1n) is 13.4. The lowest BCUT2D eigenvalue weighted by Gasteiger charge is -2.39. The number of nitrogens with zero attached hydrogens (tertiary/aromatic N) is 6. The zero-order valence-corrected chi connectivity index (χ0v) is 21.5. The fourth-order valence-electron chi connectivity index (χ4n) is 5.64. The Morgan fingerprint density at radius 3 is 2.74 bits per heavy atom. The highest BCUT2D eigenvalue weighted by molar-refractivity contribution is 5.80. The summed E-state index contributed by atoms with van der Waals surface area (Å²) in [5, 5.41) is 13.7. The summed E-state index contributed by atoms with van der Waals surface area (Å²) in [5.74, 6) is 0.395. The predicted octanol–water partition coefficient (Wildman–Crippen LogP) is 3.31. The zero-order valence-electron chi connectivity index (χ0n) is 21.5. The van der Waals surface area contributed by atoms with E-state index >= 15 is 0 Å². The molecular formula is C28H32FN7O2. The predicted molar refractivity (Wildman–Crippen MR) is 143 cm³/mol. The number of aromatic amines is 1. The maximum atomic E-state index is 14.5. The van der Waals surface area contributed by atoms with Gasteiger partial charge in [0.15, 0.2) is 5.82 Å². The average Bonchev–Trinajstić information content (AvgIpc) is 3.62. The molecule has 4 aromatic rings. The fourth-order valence-corrected chi connectivity index (χ4v) is 5.64. The summed E-state index contributed by atoms with van der Waals surface area (Å²) in [4.78, 5) is 20.9. The normalized spacial score (nSPS) is 19.3. The number of H-pyrrole nitrogens is 1. The highest BCUT2D eigenvalue weighted by Crippen LogP contribution is 2.30. The minimum absolute atomic E-state index is 0.0535. The summed E-state index contributed by atoms with van der Waals surface area (Å²) in [6, 6.07) is 14.5. The molecule has 9 nitrogen and oxygen atoms in total. The monoisotopic (exact) mass is 517 g/mol. The third-order valence-electron chi connectivity index (χ3n) is 7.72. The molecule has 2 aliphatic heterocycles. The zero-order chi connectivity index (χ0) is 26.1. The van der Waals surface area contributed by atoms with E-state index in [1.165, 1.54) is 11.6 Å². The molecule has 0 spiro atoms. The van der Waals surface area contributed by atoms with Crippen molar-refractivity contribution in [3.8, 4) is 0 Å². The Balaban J connectivity index is 1.38. The summed E-state index contributed by atoms with van der Waals surface area (Å²) in [7, 11) is 0. The topological polar surface area (TPSA) is 92.2 Å². The van der Waals surface area contributed by atoms with Crippen molar-refractivity contribution in [2.24, 2.45) is 0 Å². The van der Waals surface area contributed by atoms with E-state index in [1.54, 1.807) is 10.7 Å². The first-order valence-corrected chi connectivity index (χ1v) is 13.4. The number of hydrogen-bond acceptors (Lipinski definition) is 7. The second kappa shape index (κ2) is 10.6. The molecule has 2 aromatic heterocycles. The van der Waals surface area contributed by atoms with Crippen LogP contribution in [-0.2, 0) is 17.7 Å². The van der Waals surface area contributed by atoms with Gasteiger partial charge in [0.2, 0.25) is 0 Å². The van der Waals surface area contributed by atoms with E-state index in [0.29, 0.717) is 49.8 Å². The number of halogens is 1. The van der Waals surface area contributed by atoms with Gasteiger partial charge in [0.1, 0.15) is 11.9 Å². The van der Waals surface area contributed by atoms with Crippen LogP contribution in [-0.4, -0.2) is 69.0 Å². The molecule has 6 rings (SSSR count). The SMILES string of the molecule is CCc1ccc2[nH]c(=O)c(C(c3nnnn3CC3CCCO3)N3CCN(c4ccccc4F)CC3)cc2c1. The fraction of sp³-hybridized carbons (Fsp3) is 0.429. The molecule has 0 amide bonds. The van der Waals surface area contributed by atoms with Crippen molar-refractivity contribution in [3.63, 3.8) is 0 Å². The number of tetrazole rings is 1. The maximum Gasteiger partial charge on any atom is 0.253 e. The van der Waals surface area contributed by atoms with Crippen molar-refractivity contribution in [2.75, 3.05) is 37.7 Å². The molecule has 198 valence electrons. The summed E-state index contributed by atoms with van der Waals surface area (Å²) < 4.78 is 22.1. The molecule has 2 aliphatic rings. The van der Waals surface area contributed by atoms with E-state index in [1.807, 2.05) is 30.3 Å². The van der Waals surface area contributed by atoms with Crippen LogP contribution in [0.25, 0.3) is 10.9 Å². The van der Waals surface area contributed by atoms with Crippen molar-refractivity contribution in [1.29, 1.82) is 0 Å². The Labute approximate surface area is 220 Å². The number of aryl methyl sites for hydroxylation is 1. The molecule has 2 unspecified atom stereocenters. The molecule has 0 bridgehead atoms. The lowest BCUT2D eigenvalue weighted by atomic mass is 10.0. The number of rotatable bonds is 7. The Kier molecular flexibility index (Phi) is 6.90. The standard InChI is InChI=1S/C28H32FN7O2/c1-2-19-9-10-24-20(16-19)17-22(28(37)30-24)26(27-31-32-33-36(27)18-21-6-5-15-38-21)35-13-11-34(12-14-35)25-8-4-3-7-23(25)29/h3-4,7-10,16-17,21,26H,2,5-6,11-15,18H2,1H3,(H,30,37). The number of fused-ring (bicyclic) bond motifs is 1. The van der Waals surface area contributed by atoms with Crippen molar-refractivity contribution in [2.45, 2.75) is 44.9 Å². The van der Waals surface area contributed by atoms with Crippen LogP contribution in [0.2, 0.25) is 0 Å². The van der Waals surface area contributed by atoms with Gasteiger partial charge in [0, 0.05) is 43.9 Å². The molecule has 0 aliphatic carbocycles. The quantitative estimate of drug-likeness (QED) is 0.402. The van der Waals surface area contributed by atoms with E-state index in [2.05, 4.69) is 43.3 Å². The molecular weight excluding hydrogens is 485 g/mol. The van der Waals surface area contributed by atoms with Crippen LogP contribution in [0.3, 0.4) is 0 Å². The van der Waals surface area contributed by atoms with Gasteiger partial charge in [-0.05, 0) is 71.0 Å².